The molecule has 0 aliphatic carbocycles. The van der Waals surface area contributed by atoms with Crippen LogP contribution in [-0.4, -0.2) is 40.5 Å². The Morgan fingerprint density at radius 3 is 2.13 bits per heavy atom. The molecule has 2 heterocycles. The van der Waals surface area contributed by atoms with E-state index >= 15 is 0 Å². The first kappa shape index (κ1) is 25.7. The van der Waals surface area contributed by atoms with E-state index in [9.17, 15) is 14.7 Å². The van der Waals surface area contributed by atoms with E-state index in [2.05, 4.69) is 34.6 Å². The zero-order valence-corrected chi connectivity index (χ0v) is 21.3. The van der Waals surface area contributed by atoms with Gasteiger partial charge in [0, 0.05) is 24.7 Å². The molecule has 1 saturated heterocycles. The van der Waals surface area contributed by atoms with Crippen LogP contribution in [0, 0.1) is 6.92 Å². The van der Waals surface area contributed by atoms with Gasteiger partial charge in [0.2, 0.25) is 0 Å². The second-order valence-corrected chi connectivity index (χ2v) is 9.50. The molecule has 0 amide bonds. The number of aromatic nitrogens is 2. The highest BCUT2D eigenvalue weighted by Crippen LogP contribution is 2.38. The van der Waals surface area contributed by atoms with E-state index in [1.165, 1.54) is 10.8 Å². The normalized spacial score (nSPS) is 19.4. The van der Waals surface area contributed by atoms with Crippen LogP contribution >= 0.6 is 0 Å². The number of aryl methyl sites for hydroxylation is 1. The van der Waals surface area contributed by atoms with Gasteiger partial charge in [0.1, 0.15) is 12.0 Å². The van der Waals surface area contributed by atoms with Gasteiger partial charge in [0.25, 0.3) is 5.56 Å². The Bertz CT molecular complexity index is 1440. The van der Waals surface area contributed by atoms with Gasteiger partial charge in [-0.2, -0.15) is 0 Å². The van der Waals surface area contributed by atoms with Crippen molar-refractivity contribution in [1.82, 2.24) is 14.9 Å². The summed E-state index contributed by atoms with van der Waals surface area (Å²) in [5, 5.41) is 14.7. The van der Waals surface area contributed by atoms with Gasteiger partial charge in [-0.25, -0.2) is 4.79 Å². The summed E-state index contributed by atoms with van der Waals surface area (Å²) in [6, 6.07) is 28.2. The molecule has 0 saturated carbocycles. The molecule has 3 N–H and O–H groups in total. The van der Waals surface area contributed by atoms with Crippen LogP contribution in [0.4, 0.5) is 0 Å². The van der Waals surface area contributed by atoms with Gasteiger partial charge in [-0.1, -0.05) is 72.8 Å². The second kappa shape index (κ2) is 10.8. The van der Waals surface area contributed by atoms with E-state index < -0.39 is 35.2 Å². The molecule has 1 fully saturated rings. The van der Waals surface area contributed by atoms with Crippen LogP contribution in [-0.2, 0) is 10.3 Å². The summed E-state index contributed by atoms with van der Waals surface area (Å²) in [6.07, 6.45) is -0.395. The molecule has 8 heteroatoms. The topological polar surface area (TPSA) is 106 Å². The molecule has 0 radical (unpaired) electrons. The van der Waals surface area contributed by atoms with E-state index in [0.717, 1.165) is 22.4 Å². The number of hydrogen-bond donors (Lipinski definition) is 3. The highest BCUT2D eigenvalue weighted by atomic mass is 16.5. The SMILES string of the molecule is COc1ccc(C(NC[C@H]2O[C@@H](n3cc(C)c(=O)[nH]c3=O)CC2O)(c2ccccc2)c2ccccc2)cc1. The number of rotatable bonds is 8. The van der Waals surface area contributed by atoms with Crippen LogP contribution in [0.5, 0.6) is 5.75 Å². The summed E-state index contributed by atoms with van der Waals surface area (Å²) in [5.74, 6) is 0.753. The van der Waals surface area contributed by atoms with Crippen LogP contribution in [0.15, 0.2) is 101 Å². The number of nitrogens with one attached hydrogen (secondary N) is 2. The Morgan fingerprint density at radius 2 is 1.55 bits per heavy atom. The van der Waals surface area contributed by atoms with Crippen LogP contribution in [0.1, 0.15) is 34.9 Å². The molecule has 4 aromatic rings. The Kier molecular flexibility index (Phi) is 7.28. The predicted molar refractivity (Wildman–Crippen MR) is 144 cm³/mol. The average Bonchev–Trinajstić information content (AvgIpc) is 3.32. The molecule has 8 nitrogen and oxygen atoms in total. The molecule has 1 unspecified atom stereocenters. The quantitative estimate of drug-likeness (QED) is 0.313. The lowest BCUT2D eigenvalue weighted by Crippen LogP contribution is -2.49. The third kappa shape index (κ3) is 4.81. The zero-order chi connectivity index (χ0) is 26.7. The summed E-state index contributed by atoms with van der Waals surface area (Å²) in [6.45, 7) is 1.92. The molecule has 196 valence electrons. The average molecular weight is 514 g/mol. The Balaban J connectivity index is 1.52. The van der Waals surface area contributed by atoms with Crippen LogP contribution < -0.4 is 21.3 Å². The predicted octanol–water partition coefficient (Wildman–Crippen LogP) is 3.08. The number of nitrogens with zero attached hydrogens (tertiary/aromatic N) is 1. The van der Waals surface area contributed by atoms with Gasteiger partial charge in [-0.15, -0.1) is 0 Å². The van der Waals surface area contributed by atoms with Crippen molar-refractivity contribution < 1.29 is 14.6 Å². The number of aromatic amines is 1. The maximum atomic E-state index is 12.4. The minimum atomic E-state index is -0.813. The largest absolute Gasteiger partial charge is 0.497 e. The van der Waals surface area contributed by atoms with Crippen LogP contribution in [0.3, 0.4) is 0 Å². The van der Waals surface area contributed by atoms with Crippen molar-refractivity contribution in [3.63, 3.8) is 0 Å². The lowest BCUT2D eigenvalue weighted by atomic mass is 9.77. The Labute approximate surface area is 220 Å². The molecule has 3 aromatic carbocycles. The number of benzene rings is 3. The monoisotopic (exact) mass is 513 g/mol. The molecule has 38 heavy (non-hydrogen) atoms. The summed E-state index contributed by atoms with van der Waals surface area (Å²) >= 11 is 0. The zero-order valence-electron chi connectivity index (χ0n) is 21.3. The van der Waals surface area contributed by atoms with E-state index in [4.69, 9.17) is 9.47 Å². The third-order valence-corrected chi connectivity index (χ3v) is 7.17. The summed E-state index contributed by atoms with van der Waals surface area (Å²) in [5.41, 5.74) is 1.68. The van der Waals surface area contributed by atoms with Gasteiger partial charge >= 0.3 is 5.69 Å². The first-order valence-corrected chi connectivity index (χ1v) is 12.6. The van der Waals surface area contributed by atoms with Crippen LogP contribution in [0.25, 0.3) is 0 Å². The number of hydrogen-bond acceptors (Lipinski definition) is 6. The van der Waals surface area contributed by atoms with Crippen molar-refractivity contribution in [1.29, 1.82) is 0 Å². The van der Waals surface area contributed by atoms with Gasteiger partial charge in [-0.3, -0.25) is 19.7 Å². The number of aliphatic hydroxyl groups is 1. The number of aliphatic hydroxyl groups excluding tert-OH is 1. The minimum absolute atomic E-state index is 0.226. The fraction of sp³-hybridized carbons (Fsp3) is 0.267. The van der Waals surface area contributed by atoms with Gasteiger partial charge < -0.3 is 14.6 Å². The van der Waals surface area contributed by atoms with Crippen molar-refractivity contribution in [3.05, 3.63) is 134 Å². The second-order valence-electron chi connectivity index (χ2n) is 9.50. The molecule has 1 aliphatic rings. The maximum absolute atomic E-state index is 12.4. The van der Waals surface area contributed by atoms with Crippen molar-refractivity contribution in [2.75, 3.05) is 13.7 Å². The number of methoxy groups -OCH3 is 1. The first-order valence-electron chi connectivity index (χ1n) is 12.6. The summed E-state index contributed by atoms with van der Waals surface area (Å²) in [7, 11) is 1.64. The molecule has 0 spiro atoms. The van der Waals surface area contributed by atoms with E-state index in [1.54, 1.807) is 14.0 Å². The Morgan fingerprint density at radius 1 is 0.974 bits per heavy atom. The summed E-state index contributed by atoms with van der Waals surface area (Å²) < 4.78 is 12.9. The molecule has 1 aromatic heterocycles. The van der Waals surface area contributed by atoms with Crippen molar-refractivity contribution in [2.45, 2.75) is 37.3 Å². The van der Waals surface area contributed by atoms with Gasteiger partial charge in [-0.05, 0) is 35.7 Å². The molecule has 0 bridgehead atoms. The smallest absolute Gasteiger partial charge is 0.330 e. The molecular weight excluding hydrogens is 482 g/mol. The van der Waals surface area contributed by atoms with Crippen molar-refractivity contribution >= 4 is 0 Å². The lowest BCUT2D eigenvalue weighted by molar-refractivity contribution is -0.0213. The molecule has 1 aliphatic heterocycles. The van der Waals surface area contributed by atoms with Crippen molar-refractivity contribution in [3.8, 4) is 5.75 Å². The van der Waals surface area contributed by atoms with E-state index in [1.807, 2.05) is 60.7 Å². The minimum Gasteiger partial charge on any atom is -0.497 e. The lowest BCUT2D eigenvalue weighted by Gasteiger charge is -2.38. The molecular formula is C30H31N3O5. The Hall–Kier alpha value is -3.98. The number of ether oxygens (including phenoxy) is 2. The fourth-order valence-corrected chi connectivity index (χ4v) is 5.15. The summed E-state index contributed by atoms with van der Waals surface area (Å²) in [4.78, 5) is 26.6. The highest BCUT2D eigenvalue weighted by Gasteiger charge is 2.40. The third-order valence-electron chi connectivity index (χ3n) is 7.17. The van der Waals surface area contributed by atoms with E-state index in [-0.39, 0.29) is 6.42 Å². The van der Waals surface area contributed by atoms with Gasteiger partial charge in [0.05, 0.1) is 24.9 Å². The maximum Gasteiger partial charge on any atom is 0.330 e. The molecule has 3 atom stereocenters. The van der Waals surface area contributed by atoms with Crippen molar-refractivity contribution in [2.24, 2.45) is 0 Å². The van der Waals surface area contributed by atoms with Gasteiger partial charge in [0.15, 0.2) is 0 Å². The standard InChI is InChI=1S/C30H31N3O5/c1-20-19-33(29(36)32-28(20)35)27-17-25(34)26(38-27)18-31-30(21-9-5-3-6-10-21,22-11-7-4-8-12-22)23-13-15-24(37-2)16-14-23/h3-16,19,25-27,31,34H,17-18H2,1-2H3,(H,32,35,36)/t25?,26-,27-/m1/s1. The fourth-order valence-electron chi connectivity index (χ4n) is 5.15. The van der Waals surface area contributed by atoms with Crippen LogP contribution in [0.2, 0.25) is 0 Å². The molecule has 5 rings (SSSR count). The number of H-pyrrole nitrogens is 1. The van der Waals surface area contributed by atoms with E-state index in [0.29, 0.717) is 12.1 Å². The highest BCUT2D eigenvalue weighted by molar-refractivity contribution is 5.50. The first-order chi connectivity index (χ1) is 18.4.